The summed E-state index contributed by atoms with van der Waals surface area (Å²) in [6, 6.07) is 17.8. The molecule has 3 rings (SSSR count). The number of rotatable bonds is 6. The number of para-hydroxylation sites is 1. The molecule has 0 radical (unpaired) electrons. The molecule has 1 aromatic heterocycles. The van der Waals surface area contributed by atoms with Gasteiger partial charge in [-0.05, 0) is 43.2 Å². The average Bonchev–Trinajstić information content (AvgIpc) is 2.70. The van der Waals surface area contributed by atoms with Crippen LogP contribution in [0, 0.1) is 0 Å². The monoisotopic (exact) mass is 346 g/mol. The molecule has 0 atom stereocenters. The van der Waals surface area contributed by atoms with E-state index in [1.165, 1.54) is 5.56 Å². The molecule has 0 aliphatic rings. The zero-order valence-electron chi connectivity index (χ0n) is 15.0. The highest BCUT2D eigenvalue weighted by molar-refractivity contribution is 6.03. The van der Waals surface area contributed by atoms with Crippen LogP contribution < -0.4 is 10.2 Å². The molecule has 26 heavy (non-hydrogen) atoms. The van der Waals surface area contributed by atoms with Gasteiger partial charge in [0, 0.05) is 30.3 Å². The van der Waals surface area contributed by atoms with Crippen LogP contribution in [0.3, 0.4) is 0 Å². The molecule has 0 fully saturated rings. The first-order valence-corrected chi connectivity index (χ1v) is 8.76. The molecule has 132 valence electrons. The molecule has 0 bridgehead atoms. The minimum atomic E-state index is -0.219. The van der Waals surface area contributed by atoms with Crippen molar-refractivity contribution in [2.75, 3.05) is 16.8 Å². The molecule has 1 heterocycles. The van der Waals surface area contributed by atoms with Crippen LogP contribution >= 0.6 is 0 Å². The molecule has 0 unspecified atom stereocenters. The maximum Gasteiger partial charge on any atom is 0.258 e. The van der Waals surface area contributed by atoms with Crippen LogP contribution in [0.15, 0.2) is 67.0 Å². The van der Waals surface area contributed by atoms with Crippen molar-refractivity contribution in [1.29, 1.82) is 0 Å². The second-order valence-corrected chi connectivity index (χ2v) is 5.86. The smallest absolute Gasteiger partial charge is 0.258 e. The van der Waals surface area contributed by atoms with Crippen LogP contribution in [0.2, 0.25) is 0 Å². The SMILES string of the molecule is CCc1ccc(NC(=O)c2cnc(N(CC)c3ccccc3)nc2)cc1. The molecule has 0 spiro atoms. The van der Waals surface area contributed by atoms with Crippen molar-refractivity contribution in [3.05, 3.63) is 78.1 Å². The van der Waals surface area contributed by atoms with E-state index >= 15 is 0 Å². The lowest BCUT2D eigenvalue weighted by atomic mass is 10.1. The molecule has 5 nitrogen and oxygen atoms in total. The van der Waals surface area contributed by atoms with Gasteiger partial charge in [-0.2, -0.15) is 0 Å². The van der Waals surface area contributed by atoms with E-state index in [0.717, 1.165) is 24.3 Å². The highest BCUT2D eigenvalue weighted by Gasteiger charge is 2.12. The quantitative estimate of drug-likeness (QED) is 0.716. The lowest BCUT2D eigenvalue weighted by Gasteiger charge is -2.20. The number of aryl methyl sites for hydroxylation is 1. The van der Waals surface area contributed by atoms with Crippen molar-refractivity contribution in [1.82, 2.24) is 9.97 Å². The average molecular weight is 346 g/mol. The van der Waals surface area contributed by atoms with Gasteiger partial charge in [0.2, 0.25) is 5.95 Å². The molecule has 3 aromatic rings. The number of amides is 1. The Balaban J connectivity index is 1.72. The fraction of sp³-hybridized carbons (Fsp3) is 0.190. The molecule has 1 N–H and O–H groups in total. The third-order valence-corrected chi connectivity index (χ3v) is 4.15. The summed E-state index contributed by atoms with van der Waals surface area (Å²) in [5, 5.41) is 2.87. The fourth-order valence-electron chi connectivity index (χ4n) is 2.65. The van der Waals surface area contributed by atoms with Crippen molar-refractivity contribution in [2.24, 2.45) is 0 Å². The molecule has 0 saturated heterocycles. The standard InChI is InChI=1S/C21H22N4O/c1-3-16-10-12-18(13-11-16)24-20(26)17-14-22-21(23-15-17)25(4-2)19-8-6-5-7-9-19/h5-15H,3-4H2,1-2H3,(H,24,26). The van der Waals surface area contributed by atoms with E-state index in [-0.39, 0.29) is 5.91 Å². The Bertz CT molecular complexity index is 845. The maximum absolute atomic E-state index is 12.4. The van der Waals surface area contributed by atoms with Crippen LogP contribution in [-0.2, 0) is 6.42 Å². The van der Waals surface area contributed by atoms with Crippen LogP contribution in [0.4, 0.5) is 17.3 Å². The Morgan fingerprint density at radius 3 is 2.19 bits per heavy atom. The number of anilines is 3. The Morgan fingerprint density at radius 2 is 1.62 bits per heavy atom. The number of hydrogen-bond donors (Lipinski definition) is 1. The summed E-state index contributed by atoms with van der Waals surface area (Å²) in [5.41, 5.74) is 3.44. The highest BCUT2D eigenvalue weighted by Crippen LogP contribution is 2.21. The van der Waals surface area contributed by atoms with Crippen molar-refractivity contribution in [3.63, 3.8) is 0 Å². The molecule has 1 amide bonds. The van der Waals surface area contributed by atoms with Crippen molar-refractivity contribution < 1.29 is 4.79 Å². The van der Waals surface area contributed by atoms with Crippen LogP contribution in [-0.4, -0.2) is 22.4 Å². The maximum atomic E-state index is 12.4. The molecule has 0 aliphatic carbocycles. The van der Waals surface area contributed by atoms with Crippen LogP contribution in [0.25, 0.3) is 0 Å². The summed E-state index contributed by atoms with van der Waals surface area (Å²) < 4.78 is 0. The van der Waals surface area contributed by atoms with Gasteiger partial charge in [-0.3, -0.25) is 4.79 Å². The van der Waals surface area contributed by atoms with Crippen molar-refractivity contribution >= 4 is 23.2 Å². The zero-order chi connectivity index (χ0) is 18.4. The Morgan fingerprint density at radius 1 is 0.962 bits per heavy atom. The van der Waals surface area contributed by atoms with Gasteiger partial charge in [0.05, 0.1) is 5.56 Å². The third kappa shape index (κ3) is 4.06. The van der Waals surface area contributed by atoms with Gasteiger partial charge in [0.1, 0.15) is 0 Å². The van der Waals surface area contributed by atoms with E-state index in [9.17, 15) is 4.79 Å². The van der Waals surface area contributed by atoms with Gasteiger partial charge in [-0.1, -0.05) is 37.3 Å². The summed E-state index contributed by atoms with van der Waals surface area (Å²) in [6.45, 7) is 4.87. The van der Waals surface area contributed by atoms with E-state index in [1.54, 1.807) is 12.4 Å². The summed E-state index contributed by atoms with van der Waals surface area (Å²) in [7, 11) is 0. The van der Waals surface area contributed by atoms with Gasteiger partial charge in [0.25, 0.3) is 5.91 Å². The molecule has 0 aliphatic heterocycles. The molecule has 5 heteroatoms. The second kappa shape index (κ2) is 8.25. The van der Waals surface area contributed by atoms with Gasteiger partial charge in [-0.15, -0.1) is 0 Å². The number of benzene rings is 2. The summed E-state index contributed by atoms with van der Waals surface area (Å²) in [6.07, 6.45) is 4.09. The largest absolute Gasteiger partial charge is 0.322 e. The van der Waals surface area contributed by atoms with E-state index in [4.69, 9.17) is 0 Å². The van der Waals surface area contributed by atoms with E-state index in [0.29, 0.717) is 11.5 Å². The third-order valence-electron chi connectivity index (χ3n) is 4.15. The summed E-state index contributed by atoms with van der Waals surface area (Å²) >= 11 is 0. The van der Waals surface area contributed by atoms with Gasteiger partial charge >= 0.3 is 0 Å². The number of carbonyl (C=O) groups is 1. The van der Waals surface area contributed by atoms with Gasteiger partial charge in [0.15, 0.2) is 0 Å². The topological polar surface area (TPSA) is 58.1 Å². The Hall–Kier alpha value is -3.21. The van der Waals surface area contributed by atoms with Gasteiger partial charge < -0.3 is 10.2 Å². The fourth-order valence-corrected chi connectivity index (χ4v) is 2.65. The Labute approximate surface area is 153 Å². The van der Waals surface area contributed by atoms with Crippen molar-refractivity contribution in [2.45, 2.75) is 20.3 Å². The number of nitrogens with zero attached hydrogens (tertiary/aromatic N) is 3. The van der Waals surface area contributed by atoms with Gasteiger partial charge in [-0.25, -0.2) is 9.97 Å². The number of carbonyl (C=O) groups excluding carboxylic acids is 1. The molecular weight excluding hydrogens is 324 g/mol. The lowest BCUT2D eigenvalue weighted by Crippen LogP contribution is -2.20. The van der Waals surface area contributed by atoms with Crippen LogP contribution in [0.5, 0.6) is 0 Å². The molecular formula is C21H22N4O. The second-order valence-electron chi connectivity index (χ2n) is 5.86. The summed E-state index contributed by atoms with van der Waals surface area (Å²) in [4.78, 5) is 23.1. The normalized spacial score (nSPS) is 10.4. The molecule has 0 saturated carbocycles. The first kappa shape index (κ1) is 17.6. The predicted molar refractivity (Wildman–Crippen MR) is 105 cm³/mol. The van der Waals surface area contributed by atoms with Crippen molar-refractivity contribution in [3.8, 4) is 0 Å². The van der Waals surface area contributed by atoms with Crippen LogP contribution in [0.1, 0.15) is 29.8 Å². The molecule has 2 aromatic carbocycles. The first-order valence-electron chi connectivity index (χ1n) is 8.76. The number of hydrogen-bond acceptors (Lipinski definition) is 4. The van der Waals surface area contributed by atoms with E-state index in [2.05, 4.69) is 22.2 Å². The Kier molecular flexibility index (Phi) is 5.59. The predicted octanol–water partition coefficient (Wildman–Crippen LogP) is 4.45. The number of nitrogens with one attached hydrogen (secondary N) is 1. The highest BCUT2D eigenvalue weighted by atomic mass is 16.1. The minimum absolute atomic E-state index is 0.219. The first-order chi connectivity index (χ1) is 12.7. The van der Waals surface area contributed by atoms with E-state index < -0.39 is 0 Å². The summed E-state index contributed by atoms with van der Waals surface area (Å²) in [5.74, 6) is 0.353. The number of aromatic nitrogens is 2. The lowest BCUT2D eigenvalue weighted by molar-refractivity contribution is 0.102. The zero-order valence-corrected chi connectivity index (χ0v) is 15.0. The van der Waals surface area contributed by atoms with E-state index in [1.807, 2.05) is 66.4 Å². The minimum Gasteiger partial charge on any atom is -0.322 e.